The van der Waals surface area contributed by atoms with Gasteiger partial charge >= 0.3 is 5.97 Å². The second-order valence-electron chi connectivity index (χ2n) is 4.24. The molecule has 1 atom stereocenters. The monoisotopic (exact) mass is 230 g/mol. The average molecular weight is 230 g/mol. The van der Waals surface area contributed by atoms with Crippen LogP contribution in [-0.2, 0) is 9.53 Å². The fourth-order valence-corrected chi connectivity index (χ4v) is 1.74. The summed E-state index contributed by atoms with van der Waals surface area (Å²) in [6.07, 6.45) is 0.935. The van der Waals surface area contributed by atoms with Gasteiger partial charge in [-0.2, -0.15) is 0 Å². The number of nitrogens with zero attached hydrogens (tertiary/aromatic N) is 1. The molecule has 1 aliphatic rings. The lowest BCUT2D eigenvalue weighted by Gasteiger charge is -2.27. The largest absolute Gasteiger partial charge is 0.481 e. The van der Waals surface area contributed by atoms with E-state index in [0.717, 1.165) is 39.4 Å². The molecule has 0 amide bonds. The molecule has 1 saturated heterocycles. The molecule has 0 spiro atoms. The smallest absolute Gasteiger partial charge is 0.303 e. The fourth-order valence-electron chi connectivity index (χ4n) is 1.74. The quantitative estimate of drug-likeness (QED) is 0.652. The molecule has 0 aromatic rings. The van der Waals surface area contributed by atoms with E-state index in [4.69, 9.17) is 9.84 Å². The SMILES string of the molecule is CC(CCC(=O)O)NCCN1CCOCC1. The van der Waals surface area contributed by atoms with Crippen molar-refractivity contribution >= 4 is 5.97 Å². The summed E-state index contributed by atoms with van der Waals surface area (Å²) in [5.41, 5.74) is 0. The van der Waals surface area contributed by atoms with E-state index in [1.165, 1.54) is 0 Å². The Morgan fingerprint density at radius 3 is 2.81 bits per heavy atom. The molecule has 0 saturated carbocycles. The van der Waals surface area contributed by atoms with Gasteiger partial charge in [-0.25, -0.2) is 0 Å². The minimum Gasteiger partial charge on any atom is -0.481 e. The van der Waals surface area contributed by atoms with Gasteiger partial charge in [0.05, 0.1) is 13.2 Å². The van der Waals surface area contributed by atoms with Gasteiger partial charge in [0.1, 0.15) is 0 Å². The summed E-state index contributed by atoms with van der Waals surface area (Å²) < 4.78 is 5.26. The molecule has 94 valence electrons. The van der Waals surface area contributed by atoms with Gasteiger partial charge in [-0.05, 0) is 13.3 Å². The minimum atomic E-state index is -0.721. The summed E-state index contributed by atoms with van der Waals surface area (Å²) in [7, 11) is 0. The van der Waals surface area contributed by atoms with Crippen LogP contribution in [0, 0.1) is 0 Å². The Bertz CT molecular complexity index is 205. The van der Waals surface area contributed by atoms with E-state index in [1.54, 1.807) is 0 Å². The predicted octanol–water partition coefficient (Wildman–Crippen LogP) is 0.162. The number of aliphatic carboxylic acids is 1. The van der Waals surface area contributed by atoms with Crippen LogP contribution >= 0.6 is 0 Å². The molecule has 1 rings (SSSR count). The second kappa shape index (κ2) is 7.60. The maximum absolute atomic E-state index is 10.4. The predicted molar refractivity (Wildman–Crippen MR) is 61.6 cm³/mol. The molecule has 5 heteroatoms. The standard InChI is InChI=1S/C11H22N2O3/c1-10(2-3-11(14)15)12-4-5-13-6-8-16-9-7-13/h10,12H,2-9H2,1H3,(H,14,15). The van der Waals surface area contributed by atoms with Crippen LogP contribution in [0.2, 0.25) is 0 Å². The van der Waals surface area contributed by atoms with Crippen molar-refractivity contribution < 1.29 is 14.6 Å². The van der Waals surface area contributed by atoms with Crippen LogP contribution < -0.4 is 5.32 Å². The first-order valence-electron chi connectivity index (χ1n) is 5.94. The maximum Gasteiger partial charge on any atom is 0.303 e. The van der Waals surface area contributed by atoms with Crippen LogP contribution in [-0.4, -0.2) is 61.4 Å². The Hall–Kier alpha value is -0.650. The van der Waals surface area contributed by atoms with E-state index < -0.39 is 5.97 Å². The number of carbonyl (C=O) groups is 1. The number of carboxylic acids is 1. The summed E-state index contributed by atoms with van der Waals surface area (Å²) in [4.78, 5) is 12.7. The molecule has 0 aromatic heterocycles. The molecule has 1 unspecified atom stereocenters. The molecule has 1 fully saturated rings. The maximum atomic E-state index is 10.4. The van der Waals surface area contributed by atoms with Crippen molar-refractivity contribution in [3.8, 4) is 0 Å². The summed E-state index contributed by atoms with van der Waals surface area (Å²) in [5, 5.41) is 11.9. The van der Waals surface area contributed by atoms with Gasteiger partial charge in [-0.1, -0.05) is 0 Å². The van der Waals surface area contributed by atoms with Gasteiger partial charge < -0.3 is 15.2 Å². The molecule has 0 aliphatic carbocycles. The number of ether oxygens (including phenoxy) is 1. The van der Waals surface area contributed by atoms with Gasteiger partial charge in [0.15, 0.2) is 0 Å². The first-order valence-corrected chi connectivity index (χ1v) is 5.94. The van der Waals surface area contributed by atoms with E-state index in [2.05, 4.69) is 10.2 Å². The van der Waals surface area contributed by atoms with Gasteiger partial charge in [0.2, 0.25) is 0 Å². The Morgan fingerprint density at radius 2 is 2.19 bits per heavy atom. The van der Waals surface area contributed by atoms with E-state index in [0.29, 0.717) is 6.42 Å². The third-order valence-corrected chi connectivity index (χ3v) is 2.82. The highest BCUT2D eigenvalue weighted by Crippen LogP contribution is 1.98. The lowest BCUT2D eigenvalue weighted by atomic mass is 10.2. The first-order chi connectivity index (χ1) is 7.68. The number of hydrogen-bond donors (Lipinski definition) is 2. The van der Waals surface area contributed by atoms with Gasteiger partial charge in [-0.15, -0.1) is 0 Å². The summed E-state index contributed by atoms with van der Waals surface area (Å²) >= 11 is 0. The van der Waals surface area contributed by atoms with Crippen molar-refractivity contribution in [2.75, 3.05) is 39.4 Å². The molecule has 1 aliphatic heterocycles. The van der Waals surface area contributed by atoms with Crippen LogP contribution in [0.5, 0.6) is 0 Å². The van der Waals surface area contributed by atoms with Crippen LogP contribution in [0.4, 0.5) is 0 Å². The molecule has 2 N–H and O–H groups in total. The molecule has 1 heterocycles. The highest BCUT2D eigenvalue weighted by atomic mass is 16.5. The summed E-state index contributed by atoms with van der Waals surface area (Å²) in [6.45, 7) is 7.63. The van der Waals surface area contributed by atoms with E-state index in [-0.39, 0.29) is 12.5 Å². The molecule has 0 radical (unpaired) electrons. The minimum absolute atomic E-state index is 0.242. The fraction of sp³-hybridized carbons (Fsp3) is 0.909. The number of nitrogens with one attached hydrogen (secondary N) is 1. The second-order valence-corrected chi connectivity index (χ2v) is 4.24. The molecule has 0 bridgehead atoms. The number of hydrogen-bond acceptors (Lipinski definition) is 4. The van der Waals surface area contributed by atoms with Crippen molar-refractivity contribution in [1.29, 1.82) is 0 Å². The molecular weight excluding hydrogens is 208 g/mol. The molecule has 16 heavy (non-hydrogen) atoms. The van der Waals surface area contributed by atoms with E-state index in [1.807, 2.05) is 6.92 Å². The van der Waals surface area contributed by atoms with Crippen molar-refractivity contribution in [2.45, 2.75) is 25.8 Å². The Balaban J connectivity index is 1.98. The average Bonchev–Trinajstić information content (AvgIpc) is 2.28. The molecule has 5 nitrogen and oxygen atoms in total. The van der Waals surface area contributed by atoms with Crippen molar-refractivity contribution in [1.82, 2.24) is 10.2 Å². The van der Waals surface area contributed by atoms with Crippen molar-refractivity contribution in [2.24, 2.45) is 0 Å². The van der Waals surface area contributed by atoms with Crippen LogP contribution in [0.3, 0.4) is 0 Å². The summed E-state index contributed by atoms with van der Waals surface area (Å²) in [5.74, 6) is -0.721. The molecular formula is C11H22N2O3. The number of morpholine rings is 1. The van der Waals surface area contributed by atoms with Gasteiger partial charge in [-0.3, -0.25) is 9.69 Å². The van der Waals surface area contributed by atoms with Crippen molar-refractivity contribution in [3.05, 3.63) is 0 Å². The first kappa shape index (κ1) is 13.4. The van der Waals surface area contributed by atoms with Crippen molar-refractivity contribution in [3.63, 3.8) is 0 Å². The topological polar surface area (TPSA) is 61.8 Å². The third-order valence-electron chi connectivity index (χ3n) is 2.82. The van der Waals surface area contributed by atoms with Crippen LogP contribution in [0.15, 0.2) is 0 Å². The van der Waals surface area contributed by atoms with E-state index >= 15 is 0 Å². The number of carboxylic acid groups (broad SMARTS) is 1. The highest BCUT2D eigenvalue weighted by molar-refractivity contribution is 5.66. The zero-order valence-corrected chi connectivity index (χ0v) is 9.95. The van der Waals surface area contributed by atoms with E-state index in [9.17, 15) is 4.79 Å². The van der Waals surface area contributed by atoms with Gasteiger partial charge in [0, 0.05) is 38.6 Å². The lowest BCUT2D eigenvalue weighted by molar-refractivity contribution is -0.137. The zero-order valence-electron chi connectivity index (χ0n) is 9.95. The van der Waals surface area contributed by atoms with Crippen LogP contribution in [0.25, 0.3) is 0 Å². The van der Waals surface area contributed by atoms with Gasteiger partial charge in [0.25, 0.3) is 0 Å². The third kappa shape index (κ3) is 6.05. The summed E-state index contributed by atoms with van der Waals surface area (Å²) in [6, 6.07) is 0.275. The Labute approximate surface area is 96.8 Å². The lowest BCUT2D eigenvalue weighted by Crippen LogP contribution is -2.41. The Kier molecular flexibility index (Phi) is 6.37. The highest BCUT2D eigenvalue weighted by Gasteiger charge is 2.10. The molecule has 0 aromatic carbocycles. The van der Waals surface area contributed by atoms with Crippen LogP contribution in [0.1, 0.15) is 19.8 Å². The normalized spacial score (nSPS) is 19.6. The Morgan fingerprint density at radius 1 is 1.50 bits per heavy atom. The zero-order chi connectivity index (χ0) is 11.8. The number of rotatable bonds is 7.